The number of carbonyl (C=O) groups excluding carboxylic acids is 1. The average molecular weight is 547 g/mol. The molecular weight excluding hydrogens is 517 g/mol. The van der Waals surface area contributed by atoms with Crippen molar-refractivity contribution >= 4 is 34.4 Å². The highest BCUT2D eigenvalue weighted by Gasteiger charge is 2.19. The SMILES string of the molecule is CC(=Cc1c(F)cc(C(=O)Nc2nc(-c3cccc(CCC(C)OC(C)(C)C)c3F)cs2)cc1F)C(=O)O. The molecule has 1 aromatic heterocycles. The number of carboxylic acid groups (broad SMARTS) is 1. The number of carbonyl (C=O) groups is 2. The van der Waals surface area contributed by atoms with Gasteiger partial charge in [0.15, 0.2) is 5.13 Å². The van der Waals surface area contributed by atoms with Gasteiger partial charge in [0, 0.05) is 27.6 Å². The standard InChI is InChI=1S/C28H29F3N2O4S/c1-15(26(35)36)11-20-21(29)12-18(13-22(20)30)25(34)33-27-32-23(14-38-27)19-8-6-7-17(24(19)31)10-9-16(2)37-28(3,4)5/h6-8,11-14,16H,9-10H2,1-5H3,(H,35,36)(H,32,33,34). The number of aliphatic carboxylic acids is 1. The van der Waals surface area contributed by atoms with Gasteiger partial charge in [-0.1, -0.05) is 12.1 Å². The molecule has 1 heterocycles. The van der Waals surface area contributed by atoms with Gasteiger partial charge < -0.3 is 9.84 Å². The molecule has 0 bridgehead atoms. The summed E-state index contributed by atoms with van der Waals surface area (Å²) < 4.78 is 50.0. The third-order valence-electron chi connectivity index (χ3n) is 5.49. The van der Waals surface area contributed by atoms with E-state index in [1.165, 1.54) is 6.92 Å². The molecule has 0 saturated heterocycles. The Hall–Kier alpha value is -3.50. The lowest BCUT2D eigenvalue weighted by molar-refractivity contribution is -0.132. The first-order chi connectivity index (χ1) is 17.7. The van der Waals surface area contributed by atoms with E-state index in [1.807, 2.05) is 27.7 Å². The number of halogens is 3. The second-order valence-electron chi connectivity index (χ2n) is 9.84. The second-order valence-corrected chi connectivity index (χ2v) is 10.7. The summed E-state index contributed by atoms with van der Waals surface area (Å²) in [6, 6.07) is 6.64. The number of aromatic nitrogens is 1. The number of ether oxygens (including phenoxy) is 1. The van der Waals surface area contributed by atoms with E-state index in [2.05, 4.69) is 10.3 Å². The molecule has 6 nitrogen and oxygen atoms in total. The summed E-state index contributed by atoms with van der Waals surface area (Å²) in [6.45, 7) is 9.04. The van der Waals surface area contributed by atoms with Crippen molar-refractivity contribution in [1.29, 1.82) is 0 Å². The van der Waals surface area contributed by atoms with Crippen molar-refractivity contribution in [3.8, 4) is 11.3 Å². The van der Waals surface area contributed by atoms with Gasteiger partial charge in [0.2, 0.25) is 0 Å². The Bertz CT molecular complexity index is 1360. The predicted molar refractivity (Wildman–Crippen MR) is 142 cm³/mol. The fourth-order valence-corrected chi connectivity index (χ4v) is 4.45. The first-order valence-corrected chi connectivity index (χ1v) is 12.8. The van der Waals surface area contributed by atoms with Crippen LogP contribution in [-0.4, -0.2) is 33.7 Å². The van der Waals surface area contributed by atoms with Gasteiger partial charge in [0.1, 0.15) is 17.5 Å². The van der Waals surface area contributed by atoms with Crippen molar-refractivity contribution in [2.75, 3.05) is 5.32 Å². The molecule has 0 saturated carbocycles. The third-order valence-corrected chi connectivity index (χ3v) is 6.25. The van der Waals surface area contributed by atoms with Crippen LogP contribution in [0.2, 0.25) is 0 Å². The third kappa shape index (κ3) is 7.52. The molecule has 2 aromatic carbocycles. The minimum absolute atomic E-state index is 0.0555. The van der Waals surface area contributed by atoms with E-state index in [1.54, 1.807) is 23.6 Å². The molecule has 0 aliphatic carbocycles. The number of hydrogen-bond donors (Lipinski definition) is 2. The van der Waals surface area contributed by atoms with Gasteiger partial charge >= 0.3 is 5.97 Å². The van der Waals surface area contributed by atoms with E-state index >= 15 is 4.39 Å². The van der Waals surface area contributed by atoms with E-state index in [0.29, 0.717) is 24.1 Å². The van der Waals surface area contributed by atoms with E-state index in [-0.39, 0.29) is 33.5 Å². The average Bonchev–Trinajstić information content (AvgIpc) is 3.27. The molecule has 3 rings (SSSR count). The Kier molecular flexibility index (Phi) is 9.11. The zero-order valence-electron chi connectivity index (χ0n) is 21.7. The maximum atomic E-state index is 15.3. The number of nitrogens with one attached hydrogen (secondary N) is 1. The molecule has 2 N–H and O–H groups in total. The van der Waals surface area contributed by atoms with E-state index in [9.17, 15) is 18.4 Å². The van der Waals surface area contributed by atoms with Crippen molar-refractivity contribution in [2.45, 2.75) is 59.2 Å². The van der Waals surface area contributed by atoms with Crippen LogP contribution in [0, 0.1) is 17.5 Å². The monoisotopic (exact) mass is 546 g/mol. The minimum atomic E-state index is -1.32. The molecule has 202 valence electrons. The zero-order valence-corrected chi connectivity index (χ0v) is 22.5. The van der Waals surface area contributed by atoms with Gasteiger partial charge in [-0.3, -0.25) is 10.1 Å². The van der Waals surface area contributed by atoms with Crippen molar-refractivity contribution < 1.29 is 32.6 Å². The van der Waals surface area contributed by atoms with Gasteiger partial charge in [0.05, 0.1) is 17.4 Å². The molecule has 1 unspecified atom stereocenters. The summed E-state index contributed by atoms with van der Waals surface area (Å²) in [5.41, 5.74) is -0.342. The van der Waals surface area contributed by atoms with Crippen molar-refractivity contribution in [2.24, 2.45) is 0 Å². The molecule has 0 radical (unpaired) electrons. The summed E-state index contributed by atoms with van der Waals surface area (Å²) in [5.74, 6) is -4.73. The van der Waals surface area contributed by atoms with Crippen LogP contribution in [0.1, 0.15) is 62.5 Å². The molecule has 0 aliphatic rings. The summed E-state index contributed by atoms with van der Waals surface area (Å²) in [5, 5.41) is 13.1. The van der Waals surface area contributed by atoms with Crippen LogP contribution in [0.4, 0.5) is 18.3 Å². The minimum Gasteiger partial charge on any atom is -0.478 e. The summed E-state index contributed by atoms with van der Waals surface area (Å²) in [4.78, 5) is 27.8. The van der Waals surface area contributed by atoms with Gasteiger partial charge in [-0.15, -0.1) is 11.3 Å². The zero-order chi connectivity index (χ0) is 28.2. The number of nitrogens with zero attached hydrogens (tertiary/aromatic N) is 1. The van der Waals surface area contributed by atoms with Gasteiger partial charge in [0.25, 0.3) is 5.91 Å². The largest absolute Gasteiger partial charge is 0.478 e. The Morgan fingerprint density at radius 2 is 1.84 bits per heavy atom. The summed E-state index contributed by atoms with van der Waals surface area (Å²) in [6.07, 6.45) is 1.90. The Morgan fingerprint density at radius 1 is 1.18 bits per heavy atom. The van der Waals surface area contributed by atoms with Gasteiger partial charge in [-0.25, -0.2) is 22.9 Å². The van der Waals surface area contributed by atoms with Crippen LogP contribution in [0.25, 0.3) is 17.3 Å². The normalized spacial score (nSPS) is 12.9. The quantitative estimate of drug-likeness (QED) is 0.280. The fraction of sp³-hybridized carbons (Fsp3) is 0.321. The fourth-order valence-electron chi connectivity index (χ4n) is 3.75. The highest BCUT2D eigenvalue weighted by molar-refractivity contribution is 7.14. The molecule has 1 atom stereocenters. The molecule has 1 amide bonds. The van der Waals surface area contributed by atoms with Gasteiger partial charge in [-0.05, 0) is 77.3 Å². The molecule has 10 heteroatoms. The van der Waals surface area contributed by atoms with Crippen LogP contribution in [0.5, 0.6) is 0 Å². The number of amides is 1. The highest BCUT2D eigenvalue weighted by atomic mass is 32.1. The summed E-state index contributed by atoms with van der Waals surface area (Å²) in [7, 11) is 0. The Labute approximate surface area is 223 Å². The maximum absolute atomic E-state index is 15.3. The molecule has 3 aromatic rings. The highest BCUT2D eigenvalue weighted by Crippen LogP contribution is 2.30. The van der Waals surface area contributed by atoms with Crippen LogP contribution in [-0.2, 0) is 16.0 Å². The lowest BCUT2D eigenvalue weighted by Gasteiger charge is -2.25. The van der Waals surface area contributed by atoms with E-state index < -0.39 is 34.9 Å². The molecule has 0 aliphatic heterocycles. The number of anilines is 1. The van der Waals surface area contributed by atoms with Crippen LogP contribution in [0.15, 0.2) is 41.3 Å². The Morgan fingerprint density at radius 3 is 2.45 bits per heavy atom. The topological polar surface area (TPSA) is 88.5 Å². The molecule has 0 fully saturated rings. The second kappa shape index (κ2) is 11.9. The van der Waals surface area contributed by atoms with Crippen molar-refractivity contribution in [3.05, 3.63) is 75.4 Å². The number of rotatable bonds is 9. The first-order valence-electron chi connectivity index (χ1n) is 11.9. The number of carboxylic acids is 1. The number of thiazole rings is 1. The number of hydrogen-bond acceptors (Lipinski definition) is 5. The van der Waals surface area contributed by atoms with E-state index in [4.69, 9.17) is 9.84 Å². The first kappa shape index (κ1) is 29.1. The van der Waals surface area contributed by atoms with Gasteiger partial charge in [-0.2, -0.15) is 0 Å². The molecular formula is C28H29F3N2O4S. The van der Waals surface area contributed by atoms with E-state index in [0.717, 1.165) is 29.5 Å². The van der Waals surface area contributed by atoms with Crippen LogP contribution < -0.4 is 5.32 Å². The predicted octanol–water partition coefficient (Wildman–Crippen LogP) is 7.10. The number of benzene rings is 2. The smallest absolute Gasteiger partial charge is 0.331 e. The maximum Gasteiger partial charge on any atom is 0.331 e. The molecule has 0 spiro atoms. The summed E-state index contributed by atoms with van der Waals surface area (Å²) >= 11 is 1.04. The Balaban J connectivity index is 1.74. The molecule has 38 heavy (non-hydrogen) atoms. The van der Waals surface area contributed by atoms with Crippen molar-refractivity contribution in [1.82, 2.24) is 4.98 Å². The van der Waals surface area contributed by atoms with Crippen LogP contribution in [0.3, 0.4) is 0 Å². The number of aryl methyl sites for hydroxylation is 1. The van der Waals surface area contributed by atoms with Crippen molar-refractivity contribution in [3.63, 3.8) is 0 Å². The lowest BCUT2D eigenvalue weighted by atomic mass is 10.0. The lowest BCUT2D eigenvalue weighted by Crippen LogP contribution is -2.25. The van der Waals surface area contributed by atoms with Crippen LogP contribution >= 0.6 is 11.3 Å².